The van der Waals surface area contributed by atoms with E-state index in [0.717, 1.165) is 17.5 Å². The van der Waals surface area contributed by atoms with E-state index in [0.29, 0.717) is 12.3 Å². The fourth-order valence-electron chi connectivity index (χ4n) is 2.61. The van der Waals surface area contributed by atoms with E-state index < -0.39 is 0 Å². The Morgan fingerprint density at radius 1 is 1.47 bits per heavy atom. The number of hydrogen-bond donors (Lipinski definition) is 1. The molecule has 1 aromatic rings. The van der Waals surface area contributed by atoms with Gasteiger partial charge >= 0.3 is 0 Å². The maximum atomic E-state index is 12.4. The van der Waals surface area contributed by atoms with Gasteiger partial charge in [-0.1, -0.05) is 25.1 Å². The zero-order valence-electron chi connectivity index (χ0n) is 10.8. The van der Waals surface area contributed by atoms with Gasteiger partial charge in [-0.3, -0.25) is 9.59 Å². The van der Waals surface area contributed by atoms with Gasteiger partial charge < -0.3 is 10.2 Å². The van der Waals surface area contributed by atoms with E-state index in [2.05, 4.69) is 5.32 Å². The Kier molecular flexibility index (Phi) is 3.22. The lowest BCUT2D eigenvalue weighted by Gasteiger charge is -2.22. The molecule has 5 heteroatoms. The summed E-state index contributed by atoms with van der Waals surface area (Å²) >= 11 is 1.67. The number of nitrogens with one attached hydrogen (secondary N) is 1. The van der Waals surface area contributed by atoms with Crippen LogP contribution in [0, 0.1) is 0 Å². The van der Waals surface area contributed by atoms with Crippen molar-refractivity contribution in [1.29, 1.82) is 0 Å². The number of amides is 2. The molecule has 2 heterocycles. The van der Waals surface area contributed by atoms with Crippen LogP contribution in [-0.2, 0) is 4.79 Å². The number of fused-ring (bicyclic) bond motifs is 3. The molecular weight excluding hydrogens is 260 g/mol. The van der Waals surface area contributed by atoms with Crippen LogP contribution in [0.2, 0.25) is 0 Å². The Bertz CT molecular complexity index is 532. The van der Waals surface area contributed by atoms with Crippen molar-refractivity contribution < 1.29 is 9.59 Å². The van der Waals surface area contributed by atoms with Crippen LogP contribution in [0.4, 0.5) is 0 Å². The molecule has 0 bridgehead atoms. The summed E-state index contributed by atoms with van der Waals surface area (Å²) < 4.78 is 0. The molecule has 0 spiro atoms. The number of rotatable bonds is 3. The third-order valence-electron chi connectivity index (χ3n) is 3.54. The van der Waals surface area contributed by atoms with Gasteiger partial charge in [0.1, 0.15) is 11.4 Å². The van der Waals surface area contributed by atoms with Crippen LogP contribution >= 0.6 is 11.8 Å². The summed E-state index contributed by atoms with van der Waals surface area (Å²) in [5, 5.41) is 2.90. The third-order valence-corrected chi connectivity index (χ3v) is 4.85. The maximum absolute atomic E-state index is 12.4. The highest BCUT2D eigenvalue weighted by Crippen LogP contribution is 2.47. The maximum Gasteiger partial charge on any atom is 0.256 e. The lowest BCUT2D eigenvalue weighted by atomic mass is 10.1. The molecule has 3 rings (SSSR count). The minimum Gasteiger partial charge on any atom is -0.354 e. The highest BCUT2D eigenvalue weighted by atomic mass is 32.2. The molecule has 1 saturated heterocycles. The summed E-state index contributed by atoms with van der Waals surface area (Å²) in [5.74, 6) is 0.639. The van der Waals surface area contributed by atoms with Gasteiger partial charge in [-0.05, 0) is 18.1 Å². The topological polar surface area (TPSA) is 49.4 Å². The van der Waals surface area contributed by atoms with E-state index in [9.17, 15) is 9.59 Å². The molecule has 2 aliphatic rings. The molecule has 0 radical (unpaired) electrons. The Balaban J connectivity index is 1.85. The largest absolute Gasteiger partial charge is 0.354 e. The Labute approximate surface area is 116 Å². The second kappa shape index (κ2) is 4.89. The van der Waals surface area contributed by atoms with E-state index in [-0.39, 0.29) is 23.2 Å². The van der Waals surface area contributed by atoms with Gasteiger partial charge in [-0.15, -0.1) is 11.8 Å². The van der Waals surface area contributed by atoms with Gasteiger partial charge in [0, 0.05) is 17.9 Å². The summed E-state index contributed by atoms with van der Waals surface area (Å²) in [7, 11) is 0. The second-order valence-corrected chi connectivity index (χ2v) is 5.91. The van der Waals surface area contributed by atoms with Crippen molar-refractivity contribution in [1.82, 2.24) is 10.2 Å². The van der Waals surface area contributed by atoms with Gasteiger partial charge in [0.15, 0.2) is 0 Å². The van der Waals surface area contributed by atoms with Crippen LogP contribution in [-0.4, -0.2) is 35.1 Å². The van der Waals surface area contributed by atoms with Crippen molar-refractivity contribution in [2.24, 2.45) is 0 Å². The molecule has 1 aromatic carbocycles. The zero-order chi connectivity index (χ0) is 13.4. The molecule has 100 valence electrons. The van der Waals surface area contributed by atoms with E-state index in [1.165, 1.54) is 0 Å². The van der Waals surface area contributed by atoms with Crippen molar-refractivity contribution in [2.75, 3.05) is 12.3 Å². The smallest absolute Gasteiger partial charge is 0.256 e. The van der Waals surface area contributed by atoms with Crippen LogP contribution in [0.3, 0.4) is 0 Å². The molecule has 1 fully saturated rings. The average molecular weight is 276 g/mol. The summed E-state index contributed by atoms with van der Waals surface area (Å²) in [6.07, 6.45) is 0.906. The summed E-state index contributed by atoms with van der Waals surface area (Å²) in [6.45, 7) is 2.68. The molecule has 2 atom stereocenters. The van der Waals surface area contributed by atoms with Crippen molar-refractivity contribution >= 4 is 23.6 Å². The van der Waals surface area contributed by atoms with E-state index in [1.54, 1.807) is 16.7 Å². The number of carbonyl (C=O) groups is 2. The molecule has 0 aromatic heterocycles. The molecule has 2 aliphatic heterocycles. The zero-order valence-corrected chi connectivity index (χ0v) is 11.6. The predicted molar refractivity (Wildman–Crippen MR) is 74.9 cm³/mol. The van der Waals surface area contributed by atoms with Gasteiger partial charge in [0.25, 0.3) is 5.91 Å². The normalized spacial score (nSPS) is 24.3. The number of carbonyl (C=O) groups excluding carboxylic acids is 2. The lowest BCUT2D eigenvalue weighted by molar-refractivity contribution is -0.124. The van der Waals surface area contributed by atoms with Gasteiger partial charge in [0.2, 0.25) is 5.91 Å². The molecule has 2 amide bonds. The molecule has 0 aliphatic carbocycles. The van der Waals surface area contributed by atoms with Crippen molar-refractivity contribution in [3.05, 3.63) is 35.4 Å². The number of nitrogens with zero attached hydrogens (tertiary/aromatic N) is 1. The van der Waals surface area contributed by atoms with Crippen LogP contribution in [0.5, 0.6) is 0 Å². The predicted octanol–water partition coefficient (Wildman–Crippen LogP) is 1.78. The van der Waals surface area contributed by atoms with E-state index in [1.807, 2.05) is 31.2 Å². The van der Waals surface area contributed by atoms with E-state index >= 15 is 0 Å². The standard InChI is InChI=1S/C14H16N2O2S/c1-2-7-15-12(17)11-8-19-14-10-6-4-3-5-9(10)13(18)16(11)14/h3-6,11,14H,2,7-8H2,1H3,(H,15,17). The van der Waals surface area contributed by atoms with Gasteiger partial charge in [0.05, 0.1) is 0 Å². The van der Waals surface area contributed by atoms with Crippen molar-refractivity contribution in [3.63, 3.8) is 0 Å². The Morgan fingerprint density at radius 3 is 3.05 bits per heavy atom. The van der Waals surface area contributed by atoms with Crippen LogP contribution < -0.4 is 5.32 Å². The minimum atomic E-state index is -0.332. The number of benzene rings is 1. The van der Waals surface area contributed by atoms with Crippen LogP contribution in [0.25, 0.3) is 0 Å². The molecule has 4 nitrogen and oxygen atoms in total. The first-order valence-corrected chi connectivity index (χ1v) is 7.59. The summed E-state index contributed by atoms with van der Waals surface area (Å²) in [4.78, 5) is 26.3. The quantitative estimate of drug-likeness (QED) is 0.915. The first kappa shape index (κ1) is 12.5. The van der Waals surface area contributed by atoms with Crippen LogP contribution in [0.1, 0.15) is 34.6 Å². The van der Waals surface area contributed by atoms with Crippen molar-refractivity contribution in [2.45, 2.75) is 24.8 Å². The highest BCUT2D eigenvalue weighted by molar-refractivity contribution is 7.99. The fourth-order valence-corrected chi connectivity index (χ4v) is 4.07. The van der Waals surface area contributed by atoms with Crippen LogP contribution in [0.15, 0.2) is 24.3 Å². The fraction of sp³-hybridized carbons (Fsp3) is 0.429. The highest BCUT2D eigenvalue weighted by Gasteiger charge is 2.48. The second-order valence-electron chi connectivity index (χ2n) is 4.79. The number of thioether (sulfide) groups is 1. The molecule has 0 saturated carbocycles. The molecule has 2 unspecified atom stereocenters. The monoisotopic (exact) mass is 276 g/mol. The molecule has 19 heavy (non-hydrogen) atoms. The molecule has 1 N–H and O–H groups in total. The summed E-state index contributed by atoms with van der Waals surface area (Å²) in [6, 6.07) is 7.31. The molecular formula is C14H16N2O2S. The first-order valence-electron chi connectivity index (χ1n) is 6.55. The Morgan fingerprint density at radius 2 is 2.26 bits per heavy atom. The number of hydrogen-bond acceptors (Lipinski definition) is 3. The van der Waals surface area contributed by atoms with Gasteiger partial charge in [-0.25, -0.2) is 0 Å². The Hall–Kier alpha value is -1.49. The minimum absolute atomic E-state index is 0.0118. The SMILES string of the molecule is CCCNC(=O)C1CSC2c3ccccc3C(=O)N12. The lowest BCUT2D eigenvalue weighted by Crippen LogP contribution is -2.46. The first-order chi connectivity index (χ1) is 9.24. The average Bonchev–Trinajstić information content (AvgIpc) is 2.98. The van der Waals surface area contributed by atoms with Crippen molar-refractivity contribution in [3.8, 4) is 0 Å². The third kappa shape index (κ3) is 1.92. The van der Waals surface area contributed by atoms with Gasteiger partial charge in [-0.2, -0.15) is 0 Å². The van der Waals surface area contributed by atoms with E-state index in [4.69, 9.17) is 0 Å². The summed E-state index contributed by atoms with van der Waals surface area (Å²) in [5.41, 5.74) is 1.79.